The number of benzene rings is 1. The van der Waals surface area contributed by atoms with Crippen molar-refractivity contribution in [3.63, 3.8) is 0 Å². The predicted octanol–water partition coefficient (Wildman–Crippen LogP) is 2.17. The SMILES string of the molecule is COc1cccc(C(=O)N2CC(C)OC(CCl)C2)c1OC. The molecular weight excluding hydrogens is 294 g/mol. The fraction of sp³-hybridized carbons (Fsp3) is 0.533. The van der Waals surface area contributed by atoms with Crippen molar-refractivity contribution in [2.45, 2.75) is 19.1 Å². The molecular formula is C15H20ClNO4. The molecule has 2 unspecified atom stereocenters. The molecule has 6 heteroatoms. The number of halogens is 1. The molecule has 1 saturated heterocycles. The van der Waals surface area contributed by atoms with Gasteiger partial charge in [0.1, 0.15) is 0 Å². The van der Waals surface area contributed by atoms with Crippen LogP contribution in [-0.2, 0) is 4.74 Å². The number of carbonyl (C=O) groups is 1. The second kappa shape index (κ2) is 7.00. The van der Waals surface area contributed by atoms with Gasteiger partial charge in [-0.1, -0.05) is 6.07 Å². The van der Waals surface area contributed by atoms with E-state index in [9.17, 15) is 4.79 Å². The van der Waals surface area contributed by atoms with E-state index in [1.165, 1.54) is 7.11 Å². The Hall–Kier alpha value is -1.46. The van der Waals surface area contributed by atoms with E-state index in [0.717, 1.165) is 0 Å². The minimum absolute atomic E-state index is 0.0388. The number of carbonyl (C=O) groups excluding carboxylic acids is 1. The standard InChI is InChI=1S/C15H20ClNO4/c1-10-8-17(9-11(7-16)21-10)15(18)12-5-4-6-13(19-2)14(12)20-3/h4-6,10-11H,7-9H2,1-3H3. The van der Waals surface area contributed by atoms with Gasteiger partial charge in [-0.05, 0) is 19.1 Å². The van der Waals surface area contributed by atoms with Crippen LogP contribution in [0.15, 0.2) is 18.2 Å². The lowest BCUT2D eigenvalue weighted by Gasteiger charge is -2.36. The van der Waals surface area contributed by atoms with Crippen LogP contribution >= 0.6 is 11.6 Å². The Morgan fingerprint density at radius 2 is 2.14 bits per heavy atom. The number of morpholine rings is 1. The fourth-order valence-electron chi connectivity index (χ4n) is 2.52. The van der Waals surface area contributed by atoms with Gasteiger partial charge in [-0.15, -0.1) is 11.6 Å². The van der Waals surface area contributed by atoms with Crippen LogP contribution in [0.3, 0.4) is 0 Å². The number of para-hydroxylation sites is 1. The van der Waals surface area contributed by atoms with Gasteiger partial charge >= 0.3 is 0 Å². The van der Waals surface area contributed by atoms with Crippen LogP contribution in [0.5, 0.6) is 11.5 Å². The van der Waals surface area contributed by atoms with E-state index in [2.05, 4.69) is 0 Å². The number of nitrogens with zero attached hydrogens (tertiary/aromatic N) is 1. The Bertz CT molecular complexity index is 508. The minimum atomic E-state index is -0.143. The smallest absolute Gasteiger partial charge is 0.257 e. The van der Waals surface area contributed by atoms with Crippen molar-refractivity contribution in [1.82, 2.24) is 4.90 Å². The zero-order chi connectivity index (χ0) is 15.4. The van der Waals surface area contributed by atoms with Crippen molar-refractivity contribution >= 4 is 17.5 Å². The molecule has 0 N–H and O–H groups in total. The first-order valence-electron chi connectivity index (χ1n) is 6.82. The molecule has 1 amide bonds. The van der Waals surface area contributed by atoms with Crippen molar-refractivity contribution in [3.8, 4) is 11.5 Å². The fourth-order valence-corrected chi connectivity index (χ4v) is 2.69. The molecule has 0 saturated carbocycles. The first-order valence-corrected chi connectivity index (χ1v) is 7.35. The Labute approximate surface area is 129 Å². The molecule has 5 nitrogen and oxygen atoms in total. The third kappa shape index (κ3) is 3.41. The van der Waals surface area contributed by atoms with Gasteiger partial charge in [0.15, 0.2) is 11.5 Å². The number of hydrogen-bond acceptors (Lipinski definition) is 4. The third-order valence-electron chi connectivity index (χ3n) is 3.42. The predicted molar refractivity (Wildman–Crippen MR) is 80.5 cm³/mol. The molecule has 21 heavy (non-hydrogen) atoms. The molecule has 116 valence electrons. The van der Waals surface area contributed by atoms with Crippen LogP contribution < -0.4 is 9.47 Å². The van der Waals surface area contributed by atoms with Crippen LogP contribution in [0, 0.1) is 0 Å². The maximum absolute atomic E-state index is 12.7. The van der Waals surface area contributed by atoms with Gasteiger partial charge < -0.3 is 19.1 Å². The lowest BCUT2D eigenvalue weighted by Crippen LogP contribution is -2.49. The van der Waals surface area contributed by atoms with E-state index in [1.54, 1.807) is 30.2 Å². The molecule has 1 aliphatic heterocycles. The highest BCUT2D eigenvalue weighted by molar-refractivity contribution is 6.18. The van der Waals surface area contributed by atoms with E-state index in [4.69, 9.17) is 25.8 Å². The number of amides is 1. The summed E-state index contributed by atoms with van der Waals surface area (Å²) < 4.78 is 16.2. The van der Waals surface area contributed by atoms with Crippen molar-refractivity contribution in [1.29, 1.82) is 0 Å². The summed E-state index contributed by atoms with van der Waals surface area (Å²) in [5, 5.41) is 0. The summed E-state index contributed by atoms with van der Waals surface area (Å²) in [5.74, 6) is 1.25. The molecule has 0 spiro atoms. The zero-order valence-electron chi connectivity index (χ0n) is 12.5. The van der Waals surface area contributed by atoms with Crippen LogP contribution in [-0.4, -0.2) is 56.2 Å². The largest absolute Gasteiger partial charge is 0.493 e. The van der Waals surface area contributed by atoms with Crippen LogP contribution in [0.2, 0.25) is 0 Å². The molecule has 2 rings (SSSR count). The van der Waals surface area contributed by atoms with E-state index in [1.807, 2.05) is 6.92 Å². The Morgan fingerprint density at radius 1 is 1.38 bits per heavy atom. The molecule has 1 fully saturated rings. The average Bonchev–Trinajstić information content (AvgIpc) is 2.52. The summed E-state index contributed by atoms with van der Waals surface area (Å²) in [6.45, 7) is 2.95. The second-order valence-corrected chi connectivity index (χ2v) is 5.28. The molecule has 1 aromatic carbocycles. The quantitative estimate of drug-likeness (QED) is 0.799. The number of rotatable bonds is 4. The first-order chi connectivity index (χ1) is 10.1. The summed E-state index contributed by atoms with van der Waals surface area (Å²) >= 11 is 5.86. The summed E-state index contributed by atoms with van der Waals surface area (Å²) in [7, 11) is 3.07. The van der Waals surface area contributed by atoms with Crippen molar-refractivity contribution in [2.24, 2.45) is 0 Å². The number of methoxy groups -OCH3 is 2. The summed E-state index contributed by atoms with van der Waals surface area (Å²) in [4.78, 5) is 14.5. The van der Waals surface area contributed by atoms with Gasteiger partial charge in [0.25, 0.3) is 5.91 Å². The summed E-state index contributed by atoms with van der Waals surface area (Å²) in [6.07, 6.45) is -0.181. The molecule has 0 aromatic heterocycles. The highest BCUT2D eigenvalue weighted by atomic mass is 35.5. The van der Waals surface area contributed by atoms with E-state index in [0.29, 0.717) is 36.0 Å². The van der Waals surface area contributed by atoms with Gasteiger partial charge in [0.2, 0.25) is 0 Å². The van der Waals surface area contributed by atoms with Crippen molar-refractivity contribution in [3.05, 3.63) is 23.8 Å². The average molecular weight is 314 g/mol. The molecule has 0 bridgehead atoms. The van der Waals surface area contributed by atoms with Crippen LogP contribution in [0.4, 0.5) is 0 Å². The highest BCUT2D eigenvalue weighted by Gasteiger charge is 2.30. The Morgan fingerprint density at radius 3 is 2.76 bits per heavy atom. The molecule has 1 heterocycles. The van der Waals surface area contributed by atoms with Gasteiger partial charge in [0, 0.05) is 13.1 Å². The lowest BCUT2D eigenvalue weighted by molar-refractivity contribution is -0.0571. The number of hydrogen-bond donors (Lipinski definition) is 0. The van der Waals surface area contributed by atoms with Gasteiger partial charge in [-0.2, -0.15) is 0 Å². The first kappa shape index (κ1) is 15.9. The third-order valence-corrected chi connectivity index (χ3v) is 3.76. The molecule has 0 aliphatic carbocycles. The Kier molecular flexibility index (Phi) is 5.31. The topological polar surface area (TPSA) is 48.0 Å². The van der Waals surface area contributed by atoms with E-state index in [-0.39, 0.29) is 18.1 Å². The van der Waals surface area contributed by atoms with Gasteiger partial charge in [-0.25, -0.2) is 0 Å². The molecule has 1 aromatic rings. The van der Waals surface area contributed by atoms with Gasteiger partial charge in [-0.3, -0.25) is 4.79 Å². The zero-order valence-corrected chi connectivity index (χ0v) is 13.2. The Balaban J connectivity index is 2.27. The second-order valence-electron chi connectivity index (χ2n) is 4.97. The number of ether oxygens (including phenoxy) is 3. The van der Waals surface area contributed by atoms with E-state index >= 15 is 0 Å². The van der Waals surface area contributed by atoms with Crippen molar-refractivity contribution < 1.29 is 19.0 Å². The molecule has 1 aliphatic rings. The summed E-state index contributed by atoms with van der Waals surface area (Å²) in [6, 6.07) is 5.27. The normalized spacial score (nSPS) is 22.0. The maximum Gasteiger partial charge on any atom is 0.257 e. The summed E-state index contributed by atoms with van der Waals surface area (Å²) in [5.41, 5.74) is 0.485. The minimum Gasteiger partial charge on any atom is -0.493 e. The molecule has 0 radical (unpaired) electrons. The maximum atomic E-state index is 12.7. The van der Waals surface area contributed by atoms with Crippen molar-refractivity contribution in [2.75, 3.05) is 33.2 Å². The lowest BCUT2D eigenvalue weighted by atomic mass is 10.1. The van der Waals surface area contributed by atoms with Crippen LogP contribution in [0.25, 0.3) is 0 Å². The highest BCUT2D eigenvalue weighted by Crippen LogP contribution is 2.32. The van der Waals surface area contributed by atoms with Gasteiger partial charge in [0.05, 0.1) is 37.9 Å². The number of alkyl halides is 1. The molecule has 2 atom stereocenters. The van der Waals surface area contributed by atoms with Crippen LogP contribution in [0.1, 0.15) is 17.3 Å². The van der Waals surface area contributed by atoms with E-state index < -0.39 is 0 Å². The monoisotopic (exact) mass is 313 g/mol.